The van der Waals surface area contributed by atoms with Crippen molar-refractivity contribution in [3.05, 3.63) is 29.3 Å². The summed E-state index contributed by atoms with van der Waals surface area (Å²) in [6.45, 7) is 1.91. The van der Waals surface area contributed by atoms with Crippen molar-refractivity contribution in [2.24, 2.45) is 5.29 Å². The summed E-state index contributed by atoms with van der Waals surface area (Å²) in [5.74, 6) is 0.493. The minimum Gasteiger partial charge on any atom is -0.310 e. The highest BCUT2D eigenvalue weighted by atomic mass is 16.3. The van der Waals surface area contributed by atoms with Gasteiger partial charge in [-0.15, -0.1) is 4.91 Å². The zero-order chi connectivity index (χ0) is 13.5. The van der Waals surface area contributed by atoms with Gasteiger partial charge in [0.2, 0.25) is 5.91 Å². The zero-order valence-electron chi connectivity index (χ0n) is 10.6. The van der Waals surface area contributed by atoms with Crippen LogP contribution in [0.25, 0.3) is 0 Å². The number of nitroso groups, excluding NO2 is 1. The van der Waals surface area contributed by atoms with Crippen LogP contribution in [0.3, 0.4) is 0 Å². The van der Waals surface area contributed by atoms with E-state index in [1.165, 1.54) is 0 Å². The van der Waals surface area contributed by atoms with Crippen molar-refractivity contribution in [3.63, 3.8) is 0 Å². The second-order valence-electron chi connectivity index (χ2n) is 4.53. The third-order valence-electron chi connectivity index (χ3n) is 3.12. The molecule has 0 spiro atoms. The molecule has 1 aliphatic rings. The number of hydrogen-bond acceptors (Lipinski definition) is 5. The Morgan fingerprint density at radius 2 is 2.21 bits per heavy atom. The Labute approximate surface area is 111 Å². The van der Waals surface area contributed by atoms with Crippen LogP contribution in [0.2, 0.25) is 0 Å². The van der Waals surface area contributed by atoms with Gasteiger partial charge in [-0.3, -0.25) is 15.1 Å². The molecule has 1 saturated heterocycles. The Morgan fingerprint density at radius 1 is 1.42 bits per heavy atom. The fraction of sp³-hybridized carbons (Fsp3) is 0.500. The molecule has 0 unspecified atom stereocenters. The first-order chi connectivity index (χ1) is 9.28. The molecule has 1 aromatic rings. The third kappa shape index (κ3) is 4.29. The highest BCUT2D eigenvalue weighted by Crippen LogP contribution is 2.10. The van der Waals surface area contributed by atoms with E-state index >= 15 is 0 Å². The van der Waals surface area contributed by atoms with E-state index in [1.807, 2.05) is 6.07 Å². The lowest BCUT2D eigenvalue weighted by Gasteiger charge is -2.30. The van der Waals surface area contributed by atoms with Crippen molar-refractivity contribution in [1.29, 1.82) is 0 Å². The number of pyridine rings is 1. The highest BCUT2D eigenvalue weighted by Gasteiger charge is 2.20. The van der Waals surface area contributed by atoms with E-state index in [-0.39, 0.29) is 11.9 Å². The smallest absolute Gasteiger partial charge is 0.239 e. The predicted octanol–water partition coefficient (Wildman–Crippen LogP) is 0.755. The number of rotatable bonds is 5. The minimum atomic E-state index is -0.0707. The molecule has 1 aromatic heterocycles. The number of amides is 1. The second kappa shape index (κ2) is 6.79. The van der Waals surface area contributed by atoms with Crippen LogP contribution in [-0.2, 0) is 4.79 Å². The summed E-state index contributed by atoms with van der Waals surface area (Å²) in [5, 5.41) is 5.44. The number of carbonyl (C=O) groups excluding carboxylic acids is 1. The molecule has 1 amide bonds. The van der Waals surface area contributed by atoms with Crippen molar-refractivity contribution >= 4 is 11.7 Å². The van der Waals surface area contributed by atoms with E-state index in [0.29, 0.717) is 12.4 Å². The lowest BCUT2D eigenvalue weighted by molar-refractivity contribution is -0.117. The van der Waals surface area contributed by atoms with Crippen LogP contribution in [0.5, 0.6) is 0 Å². The number of piperidine rings is 1. The fourth-order valence-electron chi connectivity index (χ4n) is 2.12. The molecule has 7 nitrogen and oxygen atoms in total. The molecule has 0 bridgehead atoms. The number of nitrogens with one attached hydrogen (secondary N) is 2. The van der Waals surface area contributed by atoms with Crippen molar-refractivity contribution in [1.82, 2.24) is 15.3 Å². The van der Waals surface area contributed by atoms with Gasteiger partial charge in [0, 0.05) is 30.6 Å². The van der Waals surface area contributed by atoms with Gasteiger partial charge in [-0.1, -0.05) is 6.07 Å². The topological polar surface area (TPSA) is 86.7 Å². The van der Waals surface area contributed by atoms with E-state index < -0.39 is 0 Å². The van der Waals surface area contributed by atoms with Crippen LogP contribution in [0.4, 0.5) is 5.82 Å². The van der Waals surface area contributed by atoms with Gasteiger partial charge >= 0.3 is 0 Å². The Balaban J connectivity index is 1.73. The van der Waals surface area contributed by atoms with Crippen LogP contribution < -0.4 is 10.7 Å². The lowest BCUT2D eigenvalue weighted by Crippen LogP contribution is -2.43. The second-order valence-corrected chi connectivity index (χ2v) is 4.53. The monoisotopic (exact) mass is 263 g/mol. The van der Waals surface area contributed by atoms with Gasteiger partial charge in [-0.05, 0) is 25.0 Å². The Hall–Kier alpha value is -2.02. The normalized spacial score (nSPS) is 16.8. The van der Waals surface area contributed by atoms with Crippen molar-refractivity contribution in [2.45, 2.75) is 18.9 Å². The zero-order valence-corrected chi connectivity index (χ0v) is 10.6. The summed E-state index contributed by atoms with van der Waals surface area (Å²) < 4.78 is 0. The van der Waals surface area contributed by atoms with Crippen LogP contribution in [-0.4, -0.2) is 41.5 Å². The largest absolute Gasteiger partial charge is 0.310 e. The molecule has 0 radical (unpaired) electrons. The summed E-state index contributed by atoms with van der Waals surface area (Å²) in [5.41, 5.74) is 2.53. The molecule has 7 heteroatoms. The minimum absolute atomic E-state index is 0.0707. The summed E-state index contributed by atoms with van der Waals surface area (Å²) in [6.07, 6.45) is 3.28. The molecule has 1 fully saturated rings. The number of hydrogen-bond donors (Lipinski definition) is 2. The van der Waals surface area contributed by atoms with Gasteiger partial charge in [-0.2, -0.15) is 0 Å². The average molecular weight is 263 g/mol. The average Bonchev–Trinajstić information content (AvgIpc) is 2.42. The maximum absolute atomic E-state index is 11.8. The summed E-state index contributed by atoms with van der Waals surface area (Å²) in [7, 11) is 0. The van der Waals surface area contributed by atoms with E-state index in [9.17, 15) is 9.70 Å². The SMILES string of the molecule is O=NNC1CCN(CC(=O)Nc2ccccn2)CC1. The van der Waals surface area contributed by atoms with E-state index in [1.54, 1.807) is 18.3 Å². The molecule has 0 saturated carbocycles. The number of carbonyl (C=O) groups is 1. The third-order valence-corrected chi connectivity index (χ3v) is 3.12. The number of likely N-dealkylation sites (tertiary alicyclic amines) is 1. The first-order valence-corrected chi connectivity index (χ1v) is 6.29. The van der Waals surface area contributed by atoms with Gasteiger partial charge in [0.25, 0.3) is 0 Å². The standard InChI is InChI=1S/C12H17N5O2/c18-12(14-11-3-1-2-6-13-11)9-17-7-4-10(5-8-17)15-16-19/h1-3,6,10H,4-5,7-9H2,(H,15,19)(H,13,14,18). The van der Waals surface area contributed by atoms with Crippen LogP contribution in [0.1, 0.15) is 12.8 Å². The highest BCUT2D eigenvalue weighted by molar-refractivity contribution is 5.91. The molecule has 2 N–H and O–H groups in total. The number of anilines is 1. The van der Waals surface area contributed by atoms with Crippen molar-refractivity contribution in [3.8, 4) is 0 Å². The Kier molecular flexibility index (Phi) is 4.79. The molecule has 2 rings (SSSR count). The first-order valence-electron chi connectivity index (χ1n) is 6.29. The summed E-state index contributed by atoms with van der Waals surface area (Å²) >= 11 is 0. The molecule has 19 heavy (non-hydrogen) atoms. The summed E-state index contributed by atoms with van der Waals surface area (Å²) in [4.78, 5) is 28.0. The quantitative estimate of drug-likeness (QED) is 0.605. The fourth-order valence-corrected chi connectivity index (χ4v) is 2.12. The van der Waals surface area contributed by atoms with Gasteiger partial charge in [-0.25, -0.2) is 4.98 Å². The van der Waals surface area contributed by atoms with Crippen LogP contribution in [0.15, 0.2) is 29.7 Å². The van der Waals surface area contributed by atoms with Crippen molar-refractivity contribution in [2.75, 3.05) is 25.0 Å². The predicted molar refractivity (Wildman–Crippen MR) is 71.3 cm³/mol. The van der Waals surface area contributed by atoms with E-state index in [2.05, 4.69) is 25.9 Å². The maximum atomic E-state index is 11.8. The molecular formula is C12H17N5O2. The van der Waals surface area contributed by atoms with Crippen molar-refractivity contribution < 1.29 is 4.79 Å². The van der Waals surface area contributed by atoms with E-state index in [4.69, 9.17) is 0 Å². The Bertz CT molecular complexity index is 417. The molecule has 2 heterocycles. The van der Waals surface area contributed by atoms with Gasteiger partial charge < -0.3 is 5.32 Å². The van der Waals surface area contributed by atoms with Gasteiger partial charge in [0.15, 0.2) is 0 Å². The lowest BCUT2D eigenvalue weighted by atomic mass is 10.1. The molecule has 0 aliphatic carbocycles. The Morgan fingerprint density at radius 3 is 2.84 bits per heavy atom. The molecule has 0 aromatic carbocycles. The van der Waals surface area contributed by atoms with Crippen LogP contribution in [0, 0.1) is 4.91 Å². The molecule has 102 valence electrons. The number of aromatic nitrogens is 1. The van der Waals surface area contributed by atoms with E-state index in [0.717, 1.165) is 25.9 Å². The summed E-state index contributed by atoms with van der Waals surface area (Å²) in [6, 6.07) is 5.51. The molecular weight excluding hydrogens is 246 g/mol. The maximum Gasteiger partial charge on any atom is 0.239 e. The first kappa shape index (κ1) is 13.4. The molecule has 1 aliphatic heterocycles. The van der Waals surface area contributed by atoms with Crippen LogP contribution >= 0.6 is 0 Å². The van der Waals surface area contributed by atoms with Gasteiger partial charge in [0.05, 0.1) is 6.54 Å². The number of nitrogens with zero attached hydrogens (tertiary/aromatic N) is 3. The van der Waals surface area contributed by atoms with Gasteiger partial charge in [0.1, 0.15) is 5.82 Å². The molecule has 0 atom stereocenters.